The summed E-state index contributed by atoms with van der Waals surface area (Å²) in [6, 6.07) is 4.19. The number of aromatic nitrogens is 2. The summed E-state index contributed by atoms with van der Waals surface area (Å²) in [7, 11) is 3.94. The van der Waals surface area contributed by atoms with E-state index in [0.29, 0.717) is 10.7 Å². The second-order valence-electron chi connectivity index (χ2n) is 6.95. The number of carbonyl (C=O) groups excluding carboxylic acids is 1. The molecule has 0 unspecified atom stereocenters. The Labute approximate surface area is 161 Å². The van der Waals surface area contributed by atoms with Gasteiger partial charge in [0.05, 0.1) is 0 Å². The van der Waals surface area contributed by atoms with Gasteiger partial charge in [0.25, 0.3) is 5.91 Å². The van der Waals surface area contributed by atoms with E-state index in [2.05, 4.69) is 31.2 Å². The lowest BCUT2D eigenvalue weighted by atomic mass is 9.81. The molecule has 1 amide bonds. The van der Waals surface area contributed by atoms with Gasteiger partial charge in [0, 0.05) is 31.8 Å². The topological polar surface area (TPSA) is 97.3 Å². The predicted octanol–water partition coefficient (Wildman–Crippen LogP) is 3.44. The summed E-state index contributed by atoms with van der Waals surface area (Å²) in [5.41, 5.74) is 6.35. The zero-order chi connectivity index (χ0) is 18.8. The van der Waals surface area contributed by atoms with Crippen molar-refractivity contribution in [2.24, 2.45) is 5.73 Å². The molecule has 2 heterocycles. The third kappa shape index (κ3) is 4.17. The Hall–Kier alpha value is -2.09. The van der Waals surface area contributed by atoms with E-state index in [1.165, 1.54) is 0 Å². The van der Waals surface area contributed by atoms with Crippen molar-refractivity contribution in [3.63, 3.8) is 0 Å². The lowest BCUT2D eigenvalue weighted by Gasteiger charge is -2.29. The third-order valence-corrected chi connectivity index (χ3v) is 5.15. The first-order valence-electron chi connectivity index (χ1n) is 8.72. The number of nitrogens with two attached hydrogens (primary N) is 1. The largest absolute Gasteiger partial charge is 0.444 e. The van der Waals surface area contributed by atoms with Crippen LogP contribution in [0.3, 0.4) is 0 Å². The van der Waals surface area contributed by atoms with Crippen molar-refractivity contribution < 1.29 is 9.21 Å². The zero-order valence-electron chi connectivity index (χ0n) is 15.3. The molecule has 0 saturated heterocycles. The normalized spacial score (nSPS) is 20.0. The monoisotopic (exact) mass is 421 g/mol. The van der Waals surface area contributed by atoms with E-state index in [0.717, 1.165) is 48.7 Å². The Kier molecular flexibility index (Phi) is 5.50. The predicted molar refractivity (Wildman–Crippen MR) is 105 cm³/mol. The average molecular weight is 422 g/mol. The van der Waals surface area contributed by atoms with E-state index in [1.54, 1.807) is 0 Å². The highest BCUT2D eigenvalue weighted by Gasteiger charge is 2.28. The van der Waals surface area contributed by atoms with Crippen LogP contribution in [0.15, 0.2) is 21.2 Å². The van der Waals surface area contributed by atoms with Gasteiger partial charge in [0.15, 0.2) is 10.4 Å². The molecule has 2 aromatic heterocycles. The molecule has 3 rings (SSSR count). The number of halogens is 1. The SMILES string of the molecule is Cc1nc(NC2CCC(c3cc(Br)oc3C(N)=O)CC2)cc(N(C)C)n1. The van der Waals surface area contributed by atoms with Gasteiger partial charge in [-0.05, 0) is 60.5 Å². The standard InChI is InChI=1S/C18H24BrN5O2/c1-10-21-15(9-16(22-10)24(2)3)23-12-6-4-11(5-7-12)13-8-14(19)26-17(13)18(20)25/h8-9,11-12H,4-7H2,1-3H3,(H2,20,25)(H,21,22,23). The van der Waals surface area contributed by atoms with Gasteiger partial charge < -0.3 is 20.4 Å². The highest BCUT2D eigenvalue weighted by atomic mass is 79.9. The average Bonchev–Trinajstić information content (AvgIpc) is 2.97. The van der Waals surface area contributed by atoms with Crippen LogP contribution in [0.2, 0.25) is 0 Å². The number of hydrogen-bond donors (Lipinski definition) is 2. The molecule has 1 aliphatic carbocycles. The molecule has 1 fully saturated rings. The Morgan fingerprint density at radius 2 is 1.96 bits per heavy atom. The number of hydrogen-bond acceptors (Lipinski definition) is 6. The smallest absolute Gasteiger partial charge is 0.284 e. The van der Waals surface area contributed by atoms with Crippen LogP contribution in [0.4, 0.5) is 11.6 Å². The molecule has 2 aromatic rings. The molecule has 0 radical (unpaired) electrons. The fourth-order valence-electron chi connectivity index (χ4n) is 3.48. The van der Waals surface area contributed by atoms with Crippen LogP contribution in [0.5, 0.6) is 0 Å². The van der Waals surface area contributed by atoms with Crippen molar-refractivity contribution in [1.82, 2.24) is 9.97 Å². The van der Waals surface area contributed by atoms with Gasteiger partial charge in [-0.15, -0.1) is 0 Å². The van der Waals surface area contributed by atoms with E-state index in [1.807, 2.05) is 38.1 Å². The maximum atomic E-state index is 11.6. The van der Waals surface area contributed by atoms with Gasteiger partial charge in [-0.3, -0.25) is 4.79 Å². The fraction of sp³-hybridized carbons (Fsp3) is 0.500. The third-order valence-electron chi connectivity index (χ3n) is 4.76. The number of amides is 1. The van der Waals surface area contributed by atoms with Crippen molar-refractivity contribution in [2.75, 3.05) is 24.3 Å². The Morgan fingerprint density at radius 1 is 1.27 bits per heavy atom. The van der Waals surface area contributed by atoms with E-state index in [-0.39, 0.29) is 11.7 Å². The van der Waals surface area contributed by atoms with Gasteiger partial charge in [0.1, 0.15) is 17.5 Å². The van der Waals surface area contributed by atoms with Crippen LogP contribution in [0, 0.1) is 6.92 Å². The van der Waals surface area contributed by atoms with Crippen LogP contribution < -0.4 is 16.0 Å². The molecule has 0 spiro atoms. The minimum atomic E-state index is -0.515. The first kappa shape index (κ1) is 18.7. The molecule has 0 aromatic carbocycles. The van der Waals surface area contributed by atoms with Crippen LogP contribution >= 0.6 is 15.9 Å². The zero-order valence-corrected chi connectivity index (χ0v) is 16.8. The van der Waals surface area contributed by atoms with Gasteiger partial charge in [-0.25, -0.2) is 9.97 Å². The van der Waals surface area contributed by atoms with Gasteiger partial charge in [-0.2, -0.15) is 0 Å². The highest BCUT2D eigenvalue weighted by Crippen LogP contribution is 2.37. The number of rotatable bonds is 5. The van der Waals surface area contributed by atoms with Crippen molar-refractivity contribution in [1.29, 1.82) is 0 Å². The van der Waals surface area contributed by atoms with E-state index in [4.69, 9.17) is 10.2 Å². The molecule has 0 aliphatic heterocycles. The molecular formula is C18H24BrN5O2. The number of anilines is 2. The molecule has 0 atom stereocenters. The Balaban J connectivity index is 1.65. The van der Waals surface area contributed by atoms with Crippen LogP contribution in [-0.2, 0) is 0 Å². The lowest BCUT2D eigenvalue weighted by molar-refractivity contribution is 0.0970. The van der Waals surface area contributed by atoms with Gasteiger partial charge >= 0.3 is 0 Å². The van der Waals surface area contributed by atoms with Gasteiger partial charge in [-0.1, -0.05) is 0 Å². The molecule has 26 heavy (non-hydrogen) atoms. The molecule has 140 valence electrons. The molecule has 1 aliphatic rings. The maximum absolute atomic E-state index is 11.6. The summed E-state index contributed by atoms with van der Waals surface area (Å²) in [4.78, 5) is 22.5. The first-order chi connectivity index (χ1) is 12.3. The van der Waals surface area contributed by atoms with Crippen LogP contribution in [-0.4, -0.2) is 36.0 Å². The highest BCUT2D eigenvalue weighted by molar-refractivity contribution is 9.10. The summed E-state index contributed by atoms with van der Waals surface area (Å²) in [6.45, 7) is 1.90. The quantitative estimate of drug-likeness (QED) is 0.766. The number of aryl methyl sites for hydroxylation is 1. The van der Waals surface area contributed by atoms with Gasteiger partial charge in [0.2, 0.25) is 0 Å². The number of primary amides is 1. The van der Waals surface area contributed by atoms with Crippen molar-refractivity contribution >= 4 is 33.5 Å². The number of furan rings is 1. The first-order valence-corrected chi connectivity index (χ1v) is 9.51. The Morgan fingerprint density at radius 3 is 2.58 bits per heavy atom. The molecular weight excluding hydrogens is 398 g/mol. The van der Waals surface area contributed by atoms with E-state index < -0.39 is 5.91 Å². The van der Waals surface area contributed by atoms with Crippen LogP contribution in [0.1, 0.15) is 53.5 Å². The molecule has 7 nitrogen and oxygen atoms in total. The summed E-state index contributed by atoms with van der Waals surface area (Å²) in [5, 5.41) is 3.53. The molecule has 8 heteroatoms. The number of carbonyl (C=O) groups is 1. The fourth-order valence-corrected chi connectivity index (χ4v) is 3.89. The lowest BCUT2D eigenvalue weighted by Crippen LogP contribution is -2.27. The minimum Gasteiger partial charge on any atom is -0.444 e. The van der Waals surface area contributed by atoms with E-state index >= 15 is 0 Å². The molecule has 0 bridgehead atoms. The van der Waals surface area contributed by atoms with Crippen molar-refractivity contribution in [3.8, 4) is 0 Å². The van der Waals surface area contributed by atoms with Crippen LogP contribution in [0.25, 0.3) is 0 Å². The second kappa shape index (κ2) is 7.65. The number of nitrogens with one attached hydrogen (secondary N) is 1. The molecule has 1 saturated carbocycles. The summed E-state index contributed by atoms with van der Waals surface area (Å²) < 4.78 is 5.96. The minimum absolute atomic E-state index is 0.273. The second-order valence-corrected chi connectivity index (χ2v) is 7.73. The number of nitrogens with zero attached hydrogens (tertiary/aromatic N) is 3. The molecule has 3 N–H and O–H groups in total. The van der Waals surface area contributed by atoms with Crippen molar-refractivity contribution in [2.45, 2.75) is 44.6 Å². The summed E-state index contributed by atoms with van der Waals surface area (Å²) in [6.07, 6.45) is 3.92. The Bertz CT molecular complexity index is 797. The maximum Gasteiger partial charge on any atom is 0.284 e. The summed E-state index contributed by atoms with van der Waals surface area (Å²) in [5.74, 6) is 2.54. The van der Waals surface area contributed by atoms with E-state index in [9.17, 15) is 4.79 Å². The van der Waals surface area contributed by atoms with Crippen molar-refractivity contribution in [3.05, 3.63) is 34.0 Å². The summed E-state index contributed by atoms with van der Waals surface area (Å²) >= 11 is 3.29.